The summed E-state index contributed by atoms with van der Waals surface area (Å²) in [5.41, 5.74) is 0.116. The average molecular weight is 320 g/mol. The van der Waals surface area contributed by atoms with Gasteiger partial charge in [0.05, 0.1) is 0 Å². The fraction of sp³-hybridized carbons (Fsp3) is 0.667. The van der Waals surface area contributed by atoms with Crippen LogP contribution < -0.4 is 10.6 Å². The van der Waals surface area contributed by atoms with Crippen LogP contribution in [0.4, 0.5) is 0 Å². The largest absolute Gasteiger partial charge is 0.373 e. The fourth-order valence-electron chi connectivity index (χ4n) is 2.65. The van der Waals surface area contributed by atoms with Gasteiger partial charge >= 0.3 is 0 Å². The lowest BCUT2D eigenvalue weighted by molar-refractivity contribution is -0.119. The van der Waals surface area contributed by atoms with Crippen LogP contribution in [0.5, 0.6) is 0 Å². The lowest BCUT2D eigenvalue weighted by atomic mass is 10.2. The molecule has 2 rings (SSSR count). The summed E-state index contributed by atoms with van der Waals surface area (Å²) in [6.07, 6.45) is 2.43. The third-order valence-corrected chi connectivity index (χ3v) is 4.10. The third-order valence-electron chi connectivity index (χ3n) is 4.10. The highest BCUT2D eigenvalue weighted by Gasteiger charge is 2.16. The van der Waals surface area contributed by atoms with Crippen molar-refractivity contribution in [1.29, 1.82) is 5.26 Å². The summed E-state index contributed by atoms with van der Waals surface area (Å²) in [6.45, 7) is 7.76. The number of hydrogen-bond acceptors (Lipinski definition) is 6. The van der Waals surface area contributed by atoms with Crippen LogP contribution in [0.1, 0.15) is 0 Å². The van der Waals surface area contributed by atoms with Crippen LogP contribution in [0.25, 0.3) is 0 Å². The zero-order valence-electron chi connectivity index (χ0n) is 13.3. The van der Waals surface area contributed by atoms with Crippen molar-refractivity contribution in [2.45, 2.75) is 0 Å². The van der Waals surface area contributed by atoms with Gasteiger partial charge in [-0.25, -0.2) is 0 Å². The summed E-state index contributed by atoms with van der Waals surface area (Å²) in [5.74, 6) is -0.333. The number of amides is 2. The Bertz CT molecular complexity index is 473. The SMILES string of the molecule is N#C/C(=C/N1CCN(C=O)CC1)C(=O)NCCN1CCNCC1. The Morgan fingerprint density at radius 3 is 2.39 bits per heavy atom. The van der Waals surface area contributed by atoms with Gasteiger partial charge in [0.2, 0.25) is 6.41 Å². The summed E-state index contributed by atoms with van der Waals surface area (Å²) < 4.78 is 0. The molecule has 126 valence electrons. The second-order valence-corrected chi connectivity index (χ2v) is 5.68. The zero-order chi connectivity index (χ0) is 16.5. The molecular weight excluding hydrogens is 296 g/mol. The summed E-state index contributed by atoms with van der Waals surface area (Å²) in [7, 11) is 0. The molecule has 2 heterocycles. The molecule has 0 unspecified atom stereocenters. The molecule has 0 spiro atoms. The van der Waals surface area contributed by atoms with Crippen molar-refractivity contribution in [3.05, 3.63) is 11.8 Å². The number of nitriles is 1. The number of hydrogen-bond donors (Lipinski definition) is 2. The first-order valence-corrected chi connectivity index (χ1v) is 7.99. The van der Waals surface area contributed by atoms with Crippen LogP contribution >= 0.6 is 0 Å². The van der Waals surface area contributed by atoms with E-state index in [-0.39, 0.29) is 11.5 Å². The van der Waals surface area contributed by atoms with Gasteiger partial charge in [-0.2, -0.15) is 5.26 Å². The van der Waals surface area contributed by atoms with E-state index >= 15 is 0 Å². The highest BCUT2D eigenvalue weighted by Crippen LogP contribution is 2.03. The lowest BCUT2D eigenvalue weighted by Crippen LogP contribution is -2.46. The highest BCUT2D eigenvalue weighted by atomic mass is 16.1. The maximum Gasteiger partial charge on any atom is 0.263 e. The Morgan fingerprint density at radius 1 is 1.13 bits per heavy atom. The molecule has 0 atom stereocenters. The zero-order valence-corrected chi connectivity index (χ0v) is 13.3. The fourth-order valence-corrected chi connectivity index (χ4v) is 2.65. The van der Waals surface area contributed by atoms with Crippen LogP contribution in [-0.2, 0) is 9.59 Å². The first-order chi connectivity index (χ1) is 11.2. The Morgan fingerprint density at radius 2 is 1.78 bits per heavy atom. The molecule has 0 aromatic rings. The van der Waals surface area contributed by atoms with Gasteiger partial charge in [-0.1, -0.05) is 0 Å². The molecule has 2 amide bonds. The standard InChI is InChI=1S/C15H24N6O2/c16-11-14(12-20-7-9-21(13-22)10-8-20)15(23)18-3-6-19-4-1-17-2-5-19/h12-13,17H,1-10H2,(H,18,23)/b14-12-. The summed E-state index contributed by atoms with van der Waals surface area (Å²) in [4.78, 5) is 28.6. The van der Waals surface area contributed by atoms with E-state index in [1.54, 1.807) is 11.1 Å². The number of piperazine rings is 2. The Kier molecular flexibility index (Phi) is 6.84. The summed E-state index contributed by atoms with van der Waals surface area (Å²) >= 11 is 0. The molecule has 0 radical (unpaired) electrons. The molecule has 2 saturated heterocycles. The average Bonchev–Trinajstić information content (AvgIpc) is 2.61. The molecule has 8 heteroatoms. The minimum Gasteiger partial charge on any atom is -0.373 e. The molecule has 0 aliphatic carbocycles. The quantitative estimate of drug-likeness (QED) is 0.340. The molecule has 2 N–H and O–H groups in total. The van der Waals surface area contributed by atoms with Gasteiger partial charge in [-0.15, -0.1) is 0 Å². The maximum atomic E-state index is 12.1. The van der Waals surface area contributed by atoms with Gasteiger partial charge in [0.15, 0.2) is 0 Å². The van der Waals surface area contributed by atoms with Gasteiger partial charge in [-0.3, -0.25) is 14.5 Å². The summed E-state index contributed by atoms with van der Waals surface area (Å²) in [6, 6.07) is 1.96. The van der Waals surface area contributed by atoms with Crippen molar-refractivity contribution in [2.24, 2.45) is 0 Å². The van der Waals surface area contributed by atoms with E-state index in [0.717, 1.165) is 39.1 Å². The molecular formula is C15H24N6O2. The second kappa shape index (κ2) is 9.12. The topological polar surface area (TPSA) is 91.7 Å². The van der Waals surface area contributed by atoms with E-state index in [1.165, 1.54) is 0 Å². The molecule has 0 saturated carbocycles. The van der Waals surface area contributed by atoms with Crippen molar-refractivity contribution < 1.29 is 9.59 Å². The van der Waals surface area contributed by atoms with E-state index in [0.29, 0.717) is 32.7 Å². The molecule has 2 aliphatic heterocycles. The first kappa shape index (κ1) is 17.2. The van der Waals surface area contributed by atoms with Crippen molar-refractivity contribution in [1.82, 2.24) is 25.3 Å². The first-order valence-electron chi connectivity index (χ1n) is 7.99. The van der Waals surface area contributed by atoms with E-state index in [4.69, 9.17) is 0 Å². The number of rotatable bonds is 6. The van der Waals surface area contributed by atoms with Gasteiger partial charge in [0.1, 0.15) is 11.6 Å². The molecule has 2 aliphatic rings. The van der Waals surface area contributed by atoms with Gasteiger partial charge in [-0.05, 0) is 0 Å². The van der Waals surface area contributed by atoms with Crippen molar-refractivity contribution >= 4 is 12.3 Å². The third kappa shape index (κ3) is 5.54. The lowest BCUT2D eigenvalue weighted by Gasteiger charge is -2.31. The second-order valence-electron chi connectivity index (χ2n) is 5.68. The number of nitrogens with one attached hydrogen (secondary N) is 2. The van der Waals surface area contributed by atoms with E-state index in [2.05, 4.69) is 15.5 Å². The minimum atomic E-state index is -0.333. The molecule has 0 aromatic heterocycles. The smallest absolute Gasteiger partial charge is 0.263 e. The van der Waals surface area contributed by atoms with Crippen LogP contribution in [0.3, 0.4) is 0 Å². The van der Waals surface area contributed by atoms with Crippen LogP contribution in [0, 0.1) is 11.3 Å². The van der Waals surface area contributed by atoms with Crippen LogP contribution in [0.2, 0.25) is 0 Å². The normalized spacial score (nSPS) is 20.0. The Hall–Kier alpha value is -2.11. The van der Waals surface area contributed by atoms with Crippen molar-refractivity contribution in [2.75, 3.05) is 65.4 Å². The van der Waals surface area contributed by atoms with Gasteiger partial charge in [0, 0.05) is 71.6 Å². The van der Waals surface area contributed by atoms with Gasteiger partial charge < -0.3 is 20.4 Å². The molecule has 23 heavy (non-hydrogen) atoms. The van der Waals surface area contributed by atoms with Crippen molar-refractivity contribution in [3.8, 4) is 6.07 Å². The Balaban J connectivity index is 1.75. The van der Waals surface area contributed by atoms with E-state index in [1.807, 2.05) is 11.0 Å². The monoisotopic (exact) mass is 320 g/mol. The Labute approximate surface area is 136 Å². The predicted octanol–water partition coefficient (Wildman–Crippen LogP) is -1.81. The van der Waals surface area contributed by atoms with Crippen molar-refractivity contribution in [3.63, 3.8) is 0 Å². The highest BCUT2D eigenvalue weighted by molar-refractivity contribution is 5.97. The number of nitrogens with zero attached hydrogens (tertiary/aromatic N) is 4. The minimum absolute atomic E-state index is 0.116. The van der Waals surface area contributed by atoms with Crippen LogP contribution in [0.15, 0.2) is 11.8 Å². The molecule has 8 nitrogen and oxygen atoms in total. The molecule has 2 fully saturated rings. The number of carbonyl (C=O) groups excluding carboxylic acids is 2. The maximum absolute atomic E-state index is 12.1. The van der Waals surface area contributed by atoms with E-state index in [9.17, 15) is 14.9 Å². The van der Waals surface area contributed by atoms with E-state index < -0.39 is 0 Å². The van der Waals surface area contributed by atoms with Gasteiger partial charge in [0.25, 0.3) is 5.91 Å². The molecule has 0 bridgehead atoms. The van der Waals surface area contributed by atoms with Crippen LogP contribution in [-0.4, -0.2) is 92.5 Å². The predicted molar refractivity (Wildman–Crippen MR) is 85.2 cm³/mol. The summed E-state index contributed by atoms with van der Waals surface area (Å²) in [5, 5.41) is 15.3. The number of carbonyl (C=O) groups is 2. The molecule has 0 aromatic carbocycles.